The quantitative estimate of drug-likeness (QED) is 0.751. The van der Waals surface area contributed by atoms with Gasteiger partial charge < -0.3 is 4.90 Å². The third-order valence-electron chi connectivity index (χ3n) is 2.51. The molecule has 0 bridgehead atoms. The summed E-state index contributed by atoms with van der Waals surface area (Å²) in [5.74, 6) is 2.65. The van der Waals surface area contributed by atoms with Gasteiger partial charge in [-0.05, 0) is 12.8 Å². The summed E-state index contributed by atoms with van der Waals surface area (Å²) >= 11 is 6.05. The third kappa shape index (κ3) is 4.15. The van der Waals surface area contributed by atoms with Crippen LogP contribution in [-0.2, 0) is 0 Å². The molecule has 4 heteroatoms. The molecule has 0 radical (unpaired) electrons. The number of anilines is 1. The minimum atomic E-state index is 0.296. The molecule has 3 nitrogen and oxygen atoms in total. The minimum Gasteiger partial charge on any atom is -0.356 e. The largest absolute Gasteiger partial charge is 0.356 e. The second kappa shape index (κ2) is 6.20. The van der Waals surface area contributed by atoms with E-state index in [-0.39, 0.29) is 0 Å². The first-order chi connectivity index (χ1) is 7.93. The fourth-order valence-corrected chi connectivity index (χ4v) is 1.85. The highest BCUT2D eigenvalue weighted by atomic mass is 35.5. The zero-order chi connectivity index (χ0) is 13.0. The molecule has 1 aromatic heterocycles. The lowest BCUT2D eigenvalue weighted by Gasteiger charge is -2.24. The Morgan fingerprint density at radius 3 is 2.35 bits per heavy atom. The summed E-state index contributed by atoms with van der Waals surface area (Å²) in [6, 6.07) is 1.85. The van der Waals surface area contributed by atoms with Crippen molar-refractivity contribution < 1.29 is 0 Å². The van der Waals surface area contributed by atoms with Gasteiger partial charge in [0.2, 0.25) is 0 Å². The second-order valence-corrected chi connectivity index (χ2v) is 5.38. The molecule has 0 amide bonds. The van der Waals surface area contributed by atoms with Crippen LogP contribution in [0.5, 0.6) is 0 Å². The van der Waals surface area contributed by atoms with Crippen LogP contribution in [0.2, 0.25) is 5.15 Å². The molecule has 1 heterocycles. The SMILES string of the molecule is CCN(CC(C)C)c1cc(Cl)nc(C(C)C)n1. The van der Waals surface area contributed by atoms with Gasteiger partial charge >= 0.3 is 0 Å². The van der Waals surface area contributed by atoms with Crippen molar-refractivity contribution in [1.82, 2.24) is 9.97 Å². The fourth-order valence-electron chi connectivity index (χ4n) is 1.67. The van der Waals surface area contributed by atoms with E-state index in [0.717, 1.165) is 24.7 Å². The van der Waals surface area contributed by atoms with Gasteiger partial charge in [-0.1, -0.05) is 39.3 Å². The normalized spacial score (nSPS) is 11.3. The van der Waals surface area contributed by atoms with Crippen molar-refractivity contribution in [3.05, 3.63) is 17.0 Å². The van der Waals surface area contributed by atoms with Gasteiger partial charge in [0.25, 0.3) is 0 Å². The molecular weight excluding hydrogens is 234 g/mol. The van der Waals surface area contributed by atoms with E-state index >= 15 is 0 Å². The molecule has 0 unspecified atom stereocenters. The van der Waals surface area contributed by atoms with Crippen molar-refractivity contribution in [2.24, 2.45) is 5.92 Å². The highest BCUT2D eigenvalue weighted by Gasteiger charge is 2.12. The van der Waals surface area contributed by atoms with E-state index in [4.69, 9.17) is 11.6 Å². The summed E-state index contributed by atoms with van der Waals surface area (Å²) in [7, 11) is 0. The summed E-state index contributed by atoms with van der Waals surface area (Å²) in [6.45, 7) is 12.6. The maximum Gasteiger partial charge on any atom is 0.135 e. The molecule has 96 valence electrons. The number of aromatic nitrogens is 2. The molecule has 0 saturated carbocycles. The van der Waals surface area contributed by atoms with E-state index in [2.05, 4.69) is 49.5 Å². The van der Waals surface area contributed by atoms with Gasteiger partial charge in [0.15, 0.2) is 0 Å². The Morgan fingerprint density at radius 2 is 1.88 bits per heavy atom. The third-order valence-corrected chi connectivity index (χ3v) is 2.70. The highest BCUT2D eigenvalue weighted by Crippen LogP contribution is 2.20. The summed E-state index contributed by atoms with van der Waals surface area (Å²) in [5.41, 5.74) is 0. The maximum atomic E-state index is 6.05. The smallest absolute Gasteiger partial charge is 0.135 e. The zero-order valence-electron chi connectivity index (χ0n) is 11.4. The highest BCUT2D eigenvalue weighted by molar-refractivity contribution is 6.29. The molecule has 0 atom stereocenters. The Labute approximate surface area is 109 Å². The van der Waals surface area contributed by atoms with Crippen molar-refractivity contribution in [1.29, 1.82) is 0 Å². The van der Waals surface area contributed by atoms with Crippen molar-refractivity contribution in [2.45, 2.75) is 40.5 Å². The van der Waals surface area contributed by atoms with Crippen molar-refractivity contribution in [2.75, 3.05) is 18.0 Å². The average molecular weight is 256 g/mol. The van der Waals surface area contributed by atoms with Gasteiger partial charge in [0, 0.05) is 25.1 Å². The van der Waals surface area contributed by atoms with E-state index in [9.17, 15) is 0 Å². The number of nitrogens with zero attached hydrogens (tertiary/aromatic N) is 3. The Balaban J connectivity index is 3.02. The van der Waals surface area contributed by atoms with Gasteiger partial charge in [-0.3, -0.25) is 0 Å². The Morgan fingerprint density at radius 1 is 1.24 bits per heavy atom. The number of halogens is 1. The molecule has 0 aliphatic carbocycles. The van der Waals surface area contributed by atoms with Gasteiger partial charge in [-0.15, -0.1) is 0 Å². The van der Waals surface area contributed by atoms with E-state index in [1.807, 2.05) is 6.07 Å². The van der Waals surface area contributed by atoms with Crippen LogP contribution in [0.3, 0.4) is 0 Å². The maximum absolute atomic E-state index is 6.05. The lowest BCUT2D eigenvalue weighted by molar-refractivity contribution is 0.611. The molecule has 1 rings (SSSR count). The summed E-state index contributed by atoms with van der Waals surface area (Å²) < 4.78 is 0. The topological polar surface area (TPSA) is 29.0 Å². The second-order valence-electron chi connectivity index (χ2n) is 4.99. The number of hydrogen-bond donors (Lipinski definition) is 0. The number of hydrogen-bond acceptors (Lipinski definition) is 3. The lowest BCUT2D eigenvalue weighted by atomic mass is 10.2. The first-order valence-electron chi connectivity index (χ1n) is 6.23. The molecule has 1 aromatic rings. The molecule has 0 spiro atoms. The predicted octanol–water partition coefficient (Wildman–Crippen LogP) is 3.74. The van der Waals surface area contributed by atoms with Crippen LogP contribution < -0.4 is 4.90 Å². The first-order valence-corrected chi connectivity index (χ1v) is 6.61. The monoisotopic (exact) mass is 255 g/mol. The van der Waals surface area contributed by atoms with Gasteiger partial charge in [0.05, 0.1) is 0 Å². The van der Waals surface area contributed by atoms with Gasteiger partial charge in [-0.2, -0.15) is 0 Å². The molecule has 0 aliphatic rings. The minimum absolute atomic E-state index is 0.296. The number of rotatable bonds is 5. The molecule has 0 fully saturated rings. The first kappa shape index (κ1) is 14.2. The van der Waals surface area contributed by atoms with Crippen molar-refractivity contribution in [3.8, 4) is 0 Å². The molecular formula is C13H22ClN3. The van der Waals surface area contributed by atoms with E-state index < -0.39 is 0 Å². The Bertz CT molecular complexity index is 364. The molecule has 0 saturated heterocycles. The predicted molar refractivity (Wildman–Crippen MR) is 73.9 cm³/mol. The molecule has 0 aliphatic heterocycles. The van der Waals surface area contributed by atoms with Crippen LogP contribution >= 0.6 is 11.6 Å². The van der Waals surface area contributed by atoms with Crippen LogP contribution in [0.15, 0.2) is 6.07 Å². The van der Waals surface area contributed by atoms with Crippen LogP contribution in [0.1, 0.15) is 46.4 Å². The molecule has 0 aromatic carbocycles. The summed E-state index contributed by atoms with van der Waals surface area (Å²) in [5, 5.41) is 0.529. The van der Waals surface area contributed by atoms with Crippen molar-refractivity contribution >= 4 is 17.4 Å². The van der Waals surface area contributed by atoms with E-state index in [0.29, 0.717) is 17.0 Å². The van der Waals surface area contributed by atoms with Crippen LogP contribution in [0.4, 0.5) is 5.82 Å². The average Bonchev–Trinajstić information content (AvgIpc) is 2.24. The lowest BCUT2D eigenvalue weighted by Crippen LogP contribution is -2.28. The standard InChI is InChI=1S/C13H22ClN3/c1-6-17(8-9(2)3)12-7-11(14)15-13(16-12)10(4)5/h7,9-10H,6,8H2,1-5H3. The van der Waals surface area contributed by atoms with Gasteiger partial charge in [0.1, 0.15) is 16.8 Å². The van der Waals surface area contributed by atoms with Gasteiger partial charge in [-0.25, -0.2) is 9.97 Å². The van der Waals surface area contributed by atoms with E-state index in [1.165, 1.54) is 0 Å². The summed E-state index contributed by atoms with van der Waals surface area (Å²) in [4.78, 5) is 11.1. The van der Waals surface area contributed by atoms with Crippen LogP contribution in [0, 0.1) is 5.92 Å². The fraction of sp³-hybridized carbons (Fsp3) is 0.692. The van der Waals surface area contributed by atoms with Crippen LogP contribution in [0.25, 0.3) is 0 Å². The molecule has 0 N–H and O–H groups in total. The summed E-state index contributed by atoms with van der Waals surface area (Å²) in [6.07, 6.45) is 0. The Kier molecular flexibility index (Phi) is 5.19. The van der Waals surface area contributed by atoms with Crippen LogP contribution in [-0.4, -0.2) is 23.1 Å². The Hall–Kier alpha value is -0.830. The zero-order valence-corrected chi connectivity index (χ0v) is 12.1. The molecule has 17 heavy (non-hydrogen) atoms. The van der Waals surface area contributed by atoms with E-state index in [1.54, 1.807) is 0 Å². The van der Waals surface area contributed by atoms with Crippen molar-refractivity contribution in [3.63, 3.8) is 0 Å².